The molecule has 2 amide bonds. The lowest BCUT2D eigenvalue weighted by Crippen LogP contribution is -2.35. The summed E-state index contributed by atoms with van der Waals surface area (Å²) in [7, 11) is 0. The molecule has 1 aromatic heterocycles. The second-order valence-electron chi connectivity index (χ2n) is 8.89. The lowest BCUT2D eigenvalue weighted by Gasteiger charge is -2.22. The maximum Gasteiger partial charge on any atom is 0.408 e. The van der Waals surface area contributed by atoms with Crippen molar-refractivity contribution in [1.29, 1.82) is 0 Å². The Morgan fingerprint density at radius 3 is 2.55 bits per heavy atom. The van der Waals surface area contributed by atoms with E-state index in [0.717, 1.165) is 28.6 Å². The Hall–Kier alpha value is -2.55. The van der Waals surface area contributed by atoms with Crippen LogP contribution in [0.15, 0.2) is 27.8 Å². The second kappa shape index (κ2) is 10.7. The van der Waals surface area contributed by atoms with E-state index in [4.69, 9.17) is 9.15 Å². The lowest BCUT2D eigenvalue weighted by atomic mass is 10.0. The van der Waals surface area contributed by atoms with E-state index in [0.29, 0.717) is 6.42 Å². The first kappa shape index (κ1) is 24.7. The Bertz CT molecular complexity index is 905. The molecule has 0 fully saturated rings. The van der Waals surface area contributed by atoms with Crippen molar-refractivity contribution >= 4 is 29.4 Å². The molecule has 0 aliphatic rings. The summed E-state index contributed by atoms with van der Waals surface area (Å²) in [5.41, 5.74) is 2.25. The van der Waals surface area contributed by atoms with Crippen LogP contribution in [0, 0.1) is 19.8 Å². The summed E-state index contributed by atoms with van der Waals surface area (Å²) in [5, 5.41) is 14.0. The third-order valence-electron chi connectivity index (χ3n) is 4.11. The molecule has 1 heterocycles. The molecule has 0 unspecified atom stereocenters. The van der Waals surface area contributed by atoms with Crippen LogP contribution in [0.3, 0.4) is 0 Å². The summed E-state index contributed by atoms with van der Waals surface area (Å²) in [6.07, 6.45) is 0.0667. The lowest BCUT2D eigenvalue weighted by molar-refractivity contribution is -0.113. The van der Waals surface area contributed by atoms with E-state index in [-0.39, 0.29) is 28.7 Å². The van der Waals surface area contributed by atoms with E-state index < -0.39 is 17.7 Å². The summed E-state index contributed by atoms with van der Waals surface area (Å²) in [5.74, 6) is 0.538. The number of carbonyl (C=O) groups excluding carboxylic acids is 2. The molecule has 0 spiro atoms. The minimum Gasteiger partial charge on any atom is -0.444 e. The summed E-state index contributed by atoms with van der Waals surface area (Å²) in [6.45, 7) is 13.4. The number of rotatable bonds is 8. The van der Waals surface area contributed by atoms with Crippen LogP contribution < -0.4 is 10.6 Å². The van der Waals surface area contributed by atoms with E-state index in [1.807, 2.05) is 45.9 Å². The van der Waals surface area contributed by atoms with Gasteiger partial charge in [0.15, 0.2) is 0 Å². The number of carbonyl (C=O) groups is 2. The first-order valence-electron chi connectivity index (χ1n) is 10.3. The van der Waals surface area contributed by atoms with Crippen LogP contribution in [0.1, 0.15) is 64.1 Å². The number of benzene rings is 1. The van der Waals surface area contributed by atoms with Gasteiger partial charge in [0.25, 0.3) is 5.22 Å². The standard InChI is InChI=1S/C22H32N4O4S/c1-13(2)10-17(24-20(28)30-22(5,6)7)19-25-26-21(29-19)31-12-18(27)23-16-11-14(3)8-9-15(16)4/h8-9,11,13,17H,10,12H2,1-7H3,(H,23,27)(H,24,28)/t17-/m1/s1. The highest BCUT2D eigenvalue weighted by atomic mass is 32.2. The van der Waals surface area contributed by atoms with Crippen LogP contribution in [0.5, 0.6) is 0 Å². The largest absolute Gasteiger partial charge is 0.444 e. The zero-order valence-electron chi connectivity index (χ0n) is 19.2. The Labute approximate surface area is 187 Å². The zero-order valence-corrected chi connectivity index (χ0v) is 20.1. The molecule has 1 aromatic carbocycles. The number of hydrogen-bond acceptors (Lipinski definition) is 7. The molecular formula is C22H32N4O4S. The average molecular weight is 449 g/mol. The summed E-state index contributed by atoms with van der Waals surface area (Å²) in [4.78, 5) is 24.5. The SMILES string of the molecule is Cc1ccc(C)c(NC(=O)CSc2nnc([C@@H](CC(C)C)NC(=O)OC(C)(C)C)o2)c1. The molecule has 8 nitrogen and oxygen atoms in total. The summed E-state index contributed by atoms with van der Waals surface area (Å²) in [6, 6.07) is 5.43. The van der Waals surface area contributed by atoms with E-state index in [1.165, 1.54) is 0 Å². The number of hydrogen-bond donors (Lipinski definition) is 2. The van der Waals surface area contributed by atoms with Crippen molar-refractivity contribution < 1.29 is 18.7 Å². The van der Waals surface area contributed by atoms with Gasteiger partial charge >= 0.3 is 6.09 Å². The molecule has 0 saturated heterocycles. The van der Waals surface area contributed by atoms with Gasteiger partial charge in [-0.25, -0.2) is 4.79 Å². The van der Waals surface area contributed by atoms with Crippen LogP contribution in [0.4, 0.5) is 10.5 Å². The quantitative estimate of drug-likeness (QED) is 0.546. The van der Waals surface area contributed by atoms with Gasteiger partial charge in [0.2, 0.25) is 11.8 Å². The maximum absolute atomic E-state index is 12.3. The van der Waals surface area contributed by atoms with Crippen LogP contribution in [0.2, 0.25) is 0 Å². The van der Waals surface area contributed by atoms with Gasteiger partial charge in [0, 0.05) is 5.69 Å². The smallest absolute Gasteiger partial charge is 0.408 e. The molecule has 170 valence electrons. The Kier molecular flexibility index (Phi) is 8.50. The Balaban J connectivity index is 1.98. The van der Waals surface area contributed by atoms with Gasteiger partial charge in [0.05, 0.1) is 5.75 Å². The molecule has 9 heteroatoms. The topological polar surface area (TPSA) is 106 Å². The van der Waals surface area contributed by atoms with Crippen LogP contribution in [0.25, 0.3) is 0 Å². The molecule has 0 radical (unpaired) electrons. The van der Waals surface area contributed by atoms with Crippen molar-refractivity contribution in [2.45, 2.75) is 71.8 Å². The normalized spacial score (nSPS) is 12.5. The highest BCUT2D eigenvalue weighted by Crippen LogP contribution is 2.25. The molecule has 2 rings (SSSR count). The third kappa shape index (κ3) is 8.61. The highest BCUT2D eigenvalue weighted by Gasteiger charge is 2.25. The fraction of sp³-hybridized carbons (Fsp3) is 0.545. The number of thioether (sulfide) groups is 1. The number of nitrogens with zero attached hydrogens (tertiary/aromatic N) is 2. The number of ether oxygens (including phenoxy) is 1. The fourth-order valence-corrected chi connectivity index (χ4v) is 3.32. The molecule has 0 saturated carbocycles. The second-order valence-corrected chi connectivity index (χ2v) is 9.82. The average Bonchev–Trinajstić information content (AvgIpc) is 3.09. The van der Waals surface area contributed by atoms with Crippen molar-refractivity contribution in [3.8, 4) is 0 Å². The van der Waals surface area contributed by atoms with Crippen molar-refractivity contribution in [2.75, 3.05) is 11.1 Å². The van der Waals surface area contributed by atoms with Gasteiger partial charge < -0.3 is 19.8 Å². The number of anilines is 1. The van der Waals surface area contributed by atoms with Gasteiger partial charge in [-0.05, 0) is 64.2 Å². The molecule has 31 heavy (non-hydrogen) atoms. The van der Waals surface area contributed by atoms with Gasteiger partial charge in [0.1, 0.15) is 11.6 Å². The van der Waals surface area contributed by atoms with Gasteiger partial charge in [-0.15, -0.1) is 10.2 Å². The molecule has 1 atom stereocenters. The van der Waals surface area contributed by atoms with Gasteiger partial charge in [-0.3, -0.25) is 4.79 Å². The van der Waals surface area contributed by atoms with Crippen molar-refractivity contribution in [1.82, 2.24) is 15.5 Å². The number of alkyl carbamates (subject to hydrolysis) is 1. The molecular weight excluding hydrogens is 416 g/mol. The first-order chi connectivity index (χ1) is 14.4. The predicted octanol–water partition coefficient (Wildman–Crippen LogP) is 5.03. The first-order valence-corrected chi connectivity index (χ1v) is 11.2. The minimum atomic E-state index is -0.606. The number of aryl methyl sites for hydroxylation is 2. The molecule has 2 N–H and O–H groups in total. The minimum absolute atomic E-state index is 0.128. The van der Waals surface area contributed by atoms with Crippen LogP contribution >= 0.6 is 11.8 Å². The van der Waals surface area contributed by atoms with Crippen molar-refractivity contribution in [2.24, 2.45) is 5.92 Å². The van der Waals surface area contributed by atoms with Gasteiger partial charge in [-0.1, -0.05) is 37.7 Å². The maximum atomic E-state index is 12.3. The third-order valence-corrected chi connectivity index (χ3v) is 4.93. The molecule has 0 aliphatic heterocycles. The Morgan fingerprint density at radius 2 is 1.90 bits per heavy atom. The summed E-state index contributed by atoms with van der Waals surface area (Å²) >= 11 is 1.15. The van der Waals surface area contributed by atoms with Gasteiger partial charge in [-0.2, -0.15) is 0 Å². The van der Waals surface area contributed by atoms with E-state index in [9.17, 15) is 9.59 Å². The summed E-state index contributed by atoms with van der Waals surface area (Å²) < 4.78 is 11.0. The van der Waals surface area contributed by atoms with E-state index >= 15 is 0 Å². The van der Waals surface area contributed by atoms with Crippen LogP contribution in [-0.4, -0.2) is 33.6 Å². The molecule has 0 bridgehead atoms. The van der Waals surface area contributed by atoms with Crippen molar-refractivity contribution in [3.05, 3.63) is 35.2 Å². The number of aromatic nitrogens is 2. The van der Waals surface area contributed by atoms with Crippen LogP contribution in [-0.2, 0) is 9.53 Å². The Morgan fingerprint density at radius 1 is 1.19 bits per heavy atom. The monoisotopic (exact) mass is 448 g/mol. The number of amides is 2. The molecule has 2 aromatic rings. The molecule has 0 aliphatic carbocycles. The van der Waals surface area contributed by atoms with E-state index in [2.05, 4.69) is 20.8 Å². The predicted molar refractivity (Wildman–Crippen MR) is 121 cm³/mol. The fourth-order valence-electron chi connectivity index (χ4n) is 2.75. The highest BCUT2D eigenvalue weighted by molar-refractivity contribution is 7.99. The number of nitrogens with one attached hydrogen (secondary N) is 2. The van der Waals surface area contributed by atoms with E-state index in [1.54, 1.807) is 20.8 Å². The zero-order chi connectivity index (χ0) is 23.2. The van der Waals surface area contributed by atoms with Crippen molar-refractivity contribution in [3.63, 3.8) is 0 Å².